The summed E-state index contributed by atoms with van der Waals surface area (Å²) in [5.41, 5.74) is -0.319. The molecule has 0 bridgehead atoms. The summed E-state index contributed by atoms with van der Waals surface area (Å²) < 4.78 is 8.60. The van der Waals surface area contributed by atoms with Crippen molar-refractivity contribution in [2.75, 3.05) is 13.1 Å². The Morgan fingerprint density at radius 3 is 2.48 bits per heavy atom. The van der Waals surface area contributed by atoms with Gasteiger partial charge in [0.1, 0.15) is 0 Å². The second kappa shape index (κ2) is 6.17. The van der Waals surface area contributed by atoms with Crippen molar-refractivity contribution < 1.29 is 9.53 Å². The van der Waals surface area contributed by atoms with Crippen LogP contribution in [0.4, 0.5) is 4.79 Å². The van der Waals surface area contributed by atoms with Crippen LogP contribution in [-0.4, -0.2) is 48.0 Å². The summed E-state index contributed by atoms with van der Waals surface area (Å²) in [7, 11) is 0. The minimum atomic E-state index is -0.469. The maximum absolute atomic E-state index is 12.5. The molecule has 0 aliphatic carbocycles. The van der Waals surface area contributed by atoms with Crippen LogP contribution in [0.5, 0.6) is 0 Å². The zero-order valence-corrected chi connectivity index (χ0v) is 15.5. The number of benzene rings is 1. The molecule has 1 aromatic carbocycles. The Morgan fingerprint density at radius 1 is 1.22 bits per heavy atom. The predicted molar refractivity (Wildman–Crippen MR) is 91.2 cm³/mol. The van der Waals surface area contributed by atoms with Gasteiger partial charge in [-0.2, -0.15) is 0 Å². The summed E-state index contributed by atoms with van der Waals surface area (Å²) in [5, 5.41) is 0.849. The first kappa shape index (κ1) is 16.3. The van der Waals surface area contributed by atoms with Gasteiger partial charge in [-0.25, -0.2) is 0 Å². The summed E-state index contributed by atoms with van der Waals surface area (Å²) >= 11 is 0.0619. The van der Waals surface area contributed by atoms with Crippen LogP contribution < -0.4 is 5.56 Å². The molecule has 23 heavy (non-hydrogen) atoms. The summed E-state index contributed by atoms with van der Waals surface area (Å²) in [5.74, 6) is 0. The van der Waals surface area contributed by atoms with Crippen molar-refractivity contribution >= 4 is 30.5 Å². The molecule has 5 nitrogen and oxygen atoms in total. The maximum atomic E-state index is 12.5. The normalized spacial score (nSPS) is 16.7. The van der Waals surface area contributed by atoms with E-state index in [1.165, 1.54) is 4.26 Å². The molecule has 0 N–H and O–H groups in total. The first-order valence-electron chi connectivity index (χ1n) is 7.93. The zero-order valence-electron chi connectivity index (χ0n) is 13.7. The number of carbonyl (C=O) groups excluding carboxylic acids is 1. The number of amides is 1. The number of carbonyl (C=O) groups is 1. The molecule has 1 aliphatic heterocycles. The van der Waals surface area contributed by atoms with E-state index >= 15 is 0 Å². The first-order valence-corrected chi connectivity index (χ1v) is 9.56. The molecule has 0 saturated carbocycles. The van der Waals surface area contributed by atoms with Crippen LogP contribution in [0.3, 0.4) is 0 Å². The number of hydrogen-bond donors (Lipinski definition) is 0. The summed E-state index contributed by atoms with van der Waals surface area (Å²) in [6, 6.07) is 8.09. The molecule has 0 radical (unpaired) electrons. The number of likely N-dealkylation sites (tertiary alicyclic amines) is 1. The third kappa shape index (κ3) is 3.53. The van der Waals surface area contributed by atoms with Gasteiger partial charge < -0.3 is 0 Å². The number of hydrogen-bond acceptors (Lipinski definition) is 3. The van der Waals surface area contributed by atoms with E-state index in [2.05, 4.69) is 0 Å². The van der Waals surface area contributed by atoms with Gasteiger partial charge in [0.25, 0.3) is 0 Å². The van der Waals surface area contributed by atoms with Gasteiger partial charge in [-0.1, -0.05) is 0 Å². The number of fused-ring (bicyclic) bond motifs is 1. The Balaban J connectivity index is 1.70. The van der Waals surface area contributed by atoms with E-state index in [1.807, 2.05) is 48.6 Å². The van der Waals surface area contributed by atoms with Gasteiger partial charge in [-0.15, -0.1) is 0 Å². The van der Waals surface area contributed by atoms with Gasteiger partial charge in [0.05, 0.1) is 0 Å². The van der Waals surface area contributed by atoms with Crippen molar-refractivity contribution in [3.63, 3.8) is 0 Å². The monoisotopic (exact) mass is 382 g/mol. The molecule has 1 amide bonds. The van der Waals surface area contributed by atoms with Crippen molar-refractivity contribution in [3.05, 3.63) is 34.6 Å². The van der Waals surface area contributed by atoms with Crippen LogP contribution in [0.25, 0.3) is 9.65 Å². The Labute approximate surface area is 141 Å². The Bertz CT molecular complexity index is 764. The quantitative estimate of drug-likeness (QED) is 0.714. The van der Waals surface area contributed by atoms with E-state index in [-0.39, 0.29) is 32.4 Å². The van der Waals surface area contributed by atoms with Crippen LogP contribution in [0, 0.1) is 0 Å². The van der Waals surface area contributed by atoms with Crippen molar-refractivity contribution in [2.45, 2.75) is 45.3 Å². The van der Waals surface area contributed by atoms with E-state index in [4.69, 9.17) is 4.74 Å². The number of rotatable bonds is 1. The second-order valence-electron chi connectivity index (χ2n) is 6.92. The van der Waals surface area contributed by atoms with Crippen LogP contribution in [0.15, 0.2) is 29.1 Å². The van der Waals surface area contributed by atoms with Crippen LogP contribution in [-0.2, 0) is 4.74 Å². The van der Waals surface area contributed by atoms with Gasteiger partial charge in [-0.05, 0) is 0 Å². The van der Waals surface area contributed by atoms with E-state index < -0.39 is 5.60 Å². The van der Waals surface area contributed by atoms with Crippen LogP contribution in [0.2, 0.25) is 0 Å². The van der Waals surface area contributed by atoms with E-state index in [9.17, 15) is 9.59 Å². The molecule has 1 saturated heterocycles. The zero-order chi connectivity index (χ0) is 16.6. The molecule has 1 aliphatic rings. The van der Waals surface area contributed by atoms with Gasteiger partial charge in [0, 0.05) is 0 Å². The average molecular weight is 381 g/mol. The van der Waals surface area contributed by atoms with Gasteiger partial charge in [0.15, 0.2) is 0 Å². The Kier molecular flexibility index (Phi) is 4.39. The van der Waals surface area contributed by atoms with E-state index in [0.29, 0.717) is 13.1 Å². The van der Waals surface area contributed by atoms with Crippen LogP contribution in [0.1, 0.15) is 39.7 Å². The van der Waals surface area contributed by atoms with Crippen molar-refractivity contribution in [2.24, 2.45) is 0 Å². The second-order valence-corrected chi connectivity index (χ2v) is 9.05. The fourth-order valence-electron chi connectivity index (χ4n) is 2.84. The first-order chi connectivity index (χ1) is 10.8. The van der Waals surface area contributed by atoms with Gasteiger partial charge >= 0.3 is 141 Å². The van der Waals surface area contributed by atoms with Crippen LogP contribution >= 0.6 is 0 Å². The Morgan fingerprint density at radius 2 is 1.87 bits per heavy atom. The molecule has 1 fully saturated rings. The molecular formula is C17H22N2O3Se. The van der Waals surface area contributed by atoms with Gasteiger partial charge in [-0.3, -0.25) is 0 Å². The number of piperidine rings is 1. The molecule has 0 atom stereocenters. The minimum absolute atomic E-state index is 0.0619. The predicted octanol–water partition coefficient (Wildman–Crippen LogP) is 2.63. The standard InChI is InChI=1S/C17H22N2O3Se/c1-17(2,3)22-16(21)18-10-8-12(9-11-18)19-15(20)13-6-4-5-7-14(13)23-19/h4-7,12H,8-11H2,1-3H3. The molecule has 0 spiro atoms. The summed E-state index contributed by atoms with van der Waals surface area (Å²) in [4.78, 5) is 26.4. The molecule has 0 unspecified atom stereocenters. The average Bonchev–Trinajstić information content (AvgIpc) is 2.83. The molecule has 2 aromatic rings. The molecular weight excluding hydrogens is 359 g/mol. The molecule has 2 heterocycles. The third-order valence-corrected chi connectivity index (χ3v) is 6.51. The molecule has 6 heteroatoms. The third-order valence-electron chi connectivity index (χ3n) is 3.96. The Hall–Kier alpha value is -1.52. The topological polar surface area (TPSA) is 51.5 Å². The fourth-order valence-corrected chi connectivity index (χ4v) is 5.24. The number of ether oxygens (including phenoxy) is 1. The molecule has 3 rings (SSSR count). The molecule has 124 valence electrons. The van der Waals surface area contributed by atoms with E-state index in [1.54, 1.807) is 4.90 Å². The number of aromatic nitrogens is 1. The SMILES string of the molecule is CC(C)(C)OC(=O)N1CCC(n2[se]c3ccccc3c2=O)CC1. The van der Waals surface area contributed by atoms with Crippen molar-refractivity contribution in [1.82, 2.24) is 8.46 Å². The number of nitrogens with zero attached hydrogens (tertiary/aromatic N) is 2. The van der Waals surface area contributed by atoms with E-state index in [0.717, 1.165) is 18.2 Å². The fraction of sp³-hybridized carbons (Fsp3) is 0.529. The summed E-state index contributed by atoms with van der Waals surface area (Å²) in [6.07, 6.45) is 1.39. The van der Waals surface area contributed by atoms with Crippen molar-refractivity contribution in [3.8, 4) is 0 Å². The van der Waals surface area contributed by atoms with Gasteiger partial charge in [0.2, 0.25) is 0 Å². The van der Waals surface area contributed by atoms with Crippen molar-refractivity contribution in [1.29, 1.82) is 0 Å². The molecule has 1 aromatic heterocycles. The summed E-state index contributed by atoms with van der Waals surface area (Å²) in [6.45, 7) is 6.92.